The molecule has 36 heavy (non-hydrogen) atoms. The van der Waals surface area contributed by atoms with Crippen LogP contribution in [0.15, 0.2) is 43.1 Å². The zero-order chi connectivity index (χ0) is 25.4. The number of terminal acetylenes is 1. The van der Waals surface area contributed by atoms with Crippen molar-refractivity contribution in [3.63, 3.8) is 0 Å². The van der Waals surface area contributed by atoms with Gasteiger partial charge in [-0.2, -0.15) is 0 Å². The van der Waals surface area contributed by atoms with E-state index in [-0.39, 0.29) is 17.5 Å². The highest BCUT2D eigenvalue weighted by molar-refractivity contribution is 6.04. The van der Waals surface area contributed by atoms with E-state index in [1.54, 1.807) is 24.5 Å². The average molecular weight is 481 g/mol. The number of rotatable bonds is 5. The number of hydrogen-bond donors (Lipinski definition) is 0. The zero-order valence-corrected chi connectivity index (χ0v) is 19.9. The first-order valence-corrected chi connectivity index (χ1v) is 10.9. The van der Waals surface area contributed by atoms with Crippen molar-refractivity contribution in [3.05, 3.63) is 66.0 Å². The van der Waals surface area contributed by atoms with Crippen LogP contribution in [0.3, 0.4) is 0 Å². The molecule has 0 aromatic carbocycles. The van der Waals surface area contributed by atoms with Gasteiger partial charge in [-0.05, 0) is 19.9 Å². The maximum atomic E-state index is 15.7. The summed E-state index contributed by atoms with van der Waals surface area (Å²) >= 11 is 0. The molecule has 0 N–H and O–H groups in total. The fourth-order valence-corrected chi connectivity index (χ4v) is 4.05. The minimum absolute atomic E-state index is 0.0918. The van der Waals surface area contributed by atoms with E-state index in [2.05, 4.69) is 35.8 Å². The molecule has 0 fully saturated rings. The average Bonchev–Trinajstić information content (AvgIpc) is 3.16. The van der Waals surface area contributed by atoms with Gasteiger partial charge in [0.2, 0.25) is 0 Å². The van der Waals surface area contributed by atoms with Crippen molar-refractivity contribution < 1.29 is 13.9 Å². The Balaban J connectivity index is 1.73. The maximum absolute atomic E-state index is 15.7. The van der Waals surface area contributed by atoms with Crippen molar-refractivity contribution >= 4 is 11.0 Å². The molecule has 0 aliphatic heterocycles. The highest BCUT2D eigenvalue weighted by Gasteiger charge is 2.27. The van der Waals surface area contributed by atoms with Gasteiger partial charge in [0, 0.05) is 42.8 Å². The Hall–Kier alpha value is -4.91. The standard InChI is InChI=1S/C26H20FN7O2/c1-6-16-9-20(35-5)18(12-29-16)24-22(21-15(3)31-13-32-25(21)34(24)4)23-19(27)10-17(11-30-23)36-26-28-8-7-14(2)33-26/h1,7-13H,2-5H3. The molecule has 9 nitrogen and oxygen atoms in total. The molecule has 5 rings (SSSR count). The quantitative estimate of drug-likeness (QED) is 0.340. The lowest BCUT2D eigenvalue weighted by Crippen LogP contribution is -2.00. The van der Waals surface area contributed by atoms with E-state index in [4.69, 9.17) is 15.9 Å². The number of methoxy groups -OCH3 is 1. The summed E-state index contributed by atoms with van der Waals surface area (Å²) < 4.78 is 28.7. The van der Waals surface area contributed by atoms with Gasteiger partial charge in [-0.15, -0.1) is 6.42 Å². The Labute approximate surface area is 206 Å². The molecule has 0 atom stereocenters. The van der Waals surface area contributed by atoms with E-state index in [1.807, 2.05) is 25.5 Å². The van der Waals surface area contributed by atoms with Crippen molar-refractivity contribution in [1.29, 1.82) is 0 Å². The van der Waals surface area contributed by atoms with Crippen LogP contribution in [0, 0.1) is 32.0 Å². The second kappa shape index (κ2) is 9.03. The van der Waals surface area contributed by atoms with Crippen LogP contribution in [0.2, 0.25) is 0 Å². The van der Waals surface area contributed by atoms with Crippen molar-refractivity contribution in [1.82, 2.24) is 34.5 Å². The molecule has 0 bridgehead atoms. The molecule has 5 heterocycles. The molecule has 0 amide bonds. The van der Waals surface area contributed by atoms with Gasteiger partial charge in [-0.25, -0.2) is 34.3 Å². The maximum Gasteiger partial charge on any atom is 0.322 e. The lowest BCUT2D eigenvalue weighted by molar-refractivity contribution is 0.415. The number of pyridine rings is 2. The lowest BCUT2D eigenvalue weighted by atomic mass is 10.0. The predicted octanol–water partition coefficient (Wildman–Crippen LogP) is 4.42. The first-order valence-electron chi connectivity index (χ1n) is 10.9. The lowest BCUT2D eigenvalue weighted by Gasteiger charge is -2.13. The highest BCUT2D eigenvalue weighted by atomic mass is 19.1. The minimum Gasteiger partial charge on any atom is -0.496 e. The van der Waals surface area contributed by atoms with Crippen molar-refractivity contribution in [3.8, 4) is 52.4 Å². The van der Waals surface area contributed by atoms with E-state index >= 15 is 4.39 Å². The van der Waals surface area contributed by atoms with Gasteiger partial charge in [-0.1, -0.05) is 5.92 Å². The van der Waals surface area contributed by atoms with Crippen LogP contribution in [-0.4, -0.2) is 41.6 Å². The topological polar surface area (TPSA) is 101 Å². The number of halogens is 1. The molecular formula is C26H20FN7O2. The fourth-order valence-electron chi connectivity index (χ4n) is 4.05. The molecule has 0 aliphatic carbocycles. The van der Waals surface area contributed by atoms with Gasteiger partial charge >= 0.3 is 6.01 Å². The van der Waals surface area contributed by atoms with Crippen LogP contribution in [0.1, 0.15) is 17.1 Å². The fraction of sp³-hybridized carbons (Fsp3) is 0.154. The number of nitrogens with zero attached hydrogens (tertiary/aromatic N) is 7. The predicted molar refractivity (Wildman–Crippen MR) is 131 cm³/mol. The number of aromatic nitrogens is 7. The van der Waals surface area contributed by atoms with Gasteiger partial charge in [0.15, 0.2) is 11.6 Å². The van der Waals surface area contributed by atoms with Gasteiger partial charge < -0.3 is 14.0 Å². The molecule has 178 valence electrons. The summed E-state index contributed by atoms with van der Waals surface area (Å²) in [6.07, 6.45) is 11.6. The first-order chi connectivity index (χ1) is 17.4. The summed E-state index contributed by atoms with van der Waals surface area (Å²) in [4.78, 5) is 25.8. The third kappa shape index (κ3) is 3.86. The SMILES string of the molecule is C#Cc1cc(OC)c(-c2c(-c3ncc(Oc4nccc(C)n4)cc3F)c3c(C)ncnc3n2C)cn1. The summed E-state index contributed by atoms with van der Waals surface area (Å²) in [5.74, 6) is 2.53. The largest absolute Gasteiger partial charge is 0.496 e. The second-order valence-corrected chi connectivity index (χ2v) is 7.94. The van der Waals surface area contributed by atoms with E-state index in [9.17, 15) is 0 Å². The molecule has 0 saturated carbocycles. The first kappa shape index (κ1) is 22.9. The van der Waals surface area contributed by atoms with Crippen molar-refractivity contribution in [2.24, 2.45) is 7.05 Å². The molecule has 0 saturated heterocycles. The molecule has 0 unspecified atom stereocenters. The minimum atomic E-state index is -0.607. The van der Waals surface area contributed by atoms with Crippen molar-refractivity contribution in [2.75, 3.05) is 7.11 Å². The van der Waals surface area contributed by atoms with Gasteiger partial charge in [0.05, 0.1) is 35.6 Å². The second-order valence-electron chi connectivity index (χ2n) is 7.94. The third-order valence-electron chi connectivity index (χ3n) is 5.68. The van der Waals surface area contributed by atoms with Crippen LogP contribution in [0.4, 0.5) is 4.39 Å². The number of fused-ring (bicyclic) bond motifs is 1. The summed E-state index contributed by atoms with van der Waals surface area (Å²) in [7, 11) is 3.36. The number of ether oxygens (including phenoxy) is 2. The van der Waals surface area contributed by atoms with E-state index in [1.165, 1.54) is 25.7 Å². The van der Waals surface area contributed by atoms with Crippen LogP contribution in [0.25, 0.3) is 33.5 Å². The molecule has 0 spiro atoms. The van der Waals surface area contributed by atoms with Crippen LogP contribution < -0.4 is 9.47 Å². The highest BCUT2D eigenvalue weighted by Crippen LogP contribution is 2.43. The normalized spacial score (nSPS) is 10.9. The Morgan fingerprint density at radius 2 is 1.89 bits per heavy atom. The summed E-state index contributed by atoms with van der Waals surface area (Å²) in [6, 6.07) is 4.73. The van der Waals surface area contributed by atoms with E-state index < -0.39 is 5.82 Å². The van der Waals surface area contributed by atoms with Crippen molar-refractivity contribution in [2.45, 2.75) is 13.8 Å². The van der Waals surface area contributed by atoms with Crippen LogP contribution >= 0.6 is 0 Å². The summed E-state index contributed by atoms with van der Waals surface area (Å²) in [5.41, 5.74) is 4.19. The monoisotopic (exact) mass is 481 g/mol. The smallest absolute Gasteiger partial charge is 0.322 e. The molecule has 10 heteroatoms. The molecule has 0 radical (unpaired) electrons. The van der Waals surface area contributed by atoms with Gasteiger partial charge in [-0.3, -0.25) is 0 Å². The third-order valence-corrected chi connectivity index (χ3v) is 5.68. The Morgan fingerprint density at radius 3 is 2.61 bits per heavy atom. The van der Waals surface area contributed by atoms with Gasteiger partial charge in [0.1, 0.15) is 29.1 Å². The van der Waals surface area contributed by atoms with Crippen LogP contribution in [0.5, 0.6) is 17.5 Å². The van der Waals surface area contributed by atoms with Crippen LogP contribution in [-0.2, 0) is 7.05 Å². The van der Waals surface area contributed by atoms with Gasteiger partial charge in [0.25, 0.3) is 0 Å². The molecule has 5 aromatic heterocycles. The molecule has 0 aliphatic rings. The Morgan fingerprint density at radius 1 is 1.06 bits per heavy atom. The Bertz CT molecular complexity index is 1670. The Kier molecular flexibility index (Phi) is 5.74. The van der Waals surface area contributed by atoms with E-state index in [0.29, 0.717) is 45.0 Å². The zero-order valence-electron chi connectivity index (χ0n) is 19.9. The van der Waals surface area contributed by atoms with E-state index in [0.717, 1.165) is 5.69 Å². The number of hydrogen-bond acceptors (Lipinski definition) is 8. The molecular weight excluding hydrogens is 461 g/mol. The summed E-state index contributed by atoms with van der Waals surface area (Å²) in [5, 5.41) is 0.653. The number of aryl methyl sites for hydroxylation is 3. The summed E-state index contributed by atoms with van der Waals surface area (Å²) in [6.45, 7) is 3.64. The molecule has 5 aromatic rings.